The molecule has 0 bridgehead atoms. The molecule has 1 aromatic carbocycles. The summed E-state index contributed by atoms with van der Waals surface area (Å²) in [6.07, 6.45) is 6.56. The molecule has 1 heterocycles. The topological polar surface area (TPSA) is 44.4 Å². The molecule has 2 N–H and O–H groups in total. The average molecular weight is 352 g/mol. The molecule has 24 heavy (non-hydrogen) atoms. The highest BCUT2D eigenvalue weighted by Gasteiger charge is 2.45. The zero-order valence-electron chi connectivity index (χ0n) is 13.6. The van der Waals surface area contributed by atoms with Crippen molar-refractivity contribution in [2.45, 2.75) is 63.2 Å². The van der Waals surface area contributed by atoms with E-state index in [0.29, 0.717) is 22.5 Å². The molecule has 0 aromatic heterocycles. The van der Waals surface area contributed by atoms with Gasteiger partial charge in [-0.15, -0.1) is 0 Å². The van der Waals surface area contributed by atoms with Gasteiger partial charge in [0.15, 0.2) is 0 Å². The molecule has 1 amide bonds. The van der Waals surface area contributed by atoms with Crippen LogP contribution < -0.4 is 10.9 Å². The fourth-order valence-corrected chi connectivity index (χ4v) is 4.31. The smallest absolute Gasteiger partial charge is 0.241 e. The number of nitrogens with one attached hydrogen (secondary N) is 2. The fourth-order valence-electron chi connectivity index (χ4n) is 4.09. The number of carbonyl (C=O) groups excluding carboxylic acids is 1. The van der Waals surface area contributed by atoms with Crippen molar-refractivity contribution in [3.8, 4) is 0 Å². The van der Waals surface area contributed by atoms with Crippen LogP contribution in [0, 0.1) is 11.7 Å². The summed E-state index contributed by atoms with van der Waals surface area (Å²) in [6, 6.07) is 5.08. The summed E-state index contributed by atoms with van der Waals surface area (Å²) in [4.78, 5) is 15.0. The van der Waals surface area contributed by atoms with E-state index in [9.17, 15) is 9.18 Å². The van der Waals surface area contributed by atoms with Crippen LogP contribution >= 0.6 is 11.6 Å². The lowest BCUT2D eigenvalue weighted by Gasteiger charge is -2.31. The number of hydrazine groups is 1. The largest absolute Gasteiger partial charge is 0.334 e. The predicted molar refractivity (Wildman–Crippen MR) is 90.8 cm³/mol. The summed E-state index contributed by atoms with van der Waals surface area (Å²) in [5, 5.41) is 0.390. The zero-order chi connectivity index (χ0) is 16.7. The predicted octanol–water partition coefficient (Wildman–Crippen LogP) is 3.01. The quantitative estimate of drug-likeness (QED) is 0.876. The molecule has 4 rings (SSSR count). The van der Waals surface area contributed by atoms with Gasteiger partial charge in [0.2, 0.25) is 5.91 Å². The minimum absolute atomic E-state index is 0.0821. The number of hydrogen-bond donors (Lipinski definition) is 2. The molecule has 3 fully saturated rings. The lowest BCUT2D eigenvalue weighted by Crippen LogP contribution is -2.48. The molecule has 130 valence electrons. The first kappa shape index (κ1) is 16.3. The maximum absolute atomic E-state index is 14.2. The van der Waals surface area contributed by atoms with Crippen molar-refractivity contribution in [2.24, 2.45) is 5.92 Å². The number of nitrogens with zero attached hydrogens (tertiary/aromatic N) is 1. The van der Waals surface area contributed by atoms with Gasteiger partial charge in [0, 0.05) is 28.6 Å². The van der Waals surface area contributed by atoms with Crippen LogP contribution in [0.15, 0.2) is 18.2 Å². The Morgan fingerprint density at radius 3 is 2.75 bits per heavy atom. The second-order valence-corrected chi connectivity index (χ2v) is 7.63. The lowest BCUT2D eigenvalue weighted by atomic mass is 9.81. The van der Waals surface area contributed by atoms with Gasteiger partial charge in [-0.3, -0.25) is 10.2 Å². The van der Waals surface area contributed by atoms with Crippen LogP contribution in [0.2, 0.25) is 5.02 Å². The molecule has 2 saturated carbocycles. The highest BCUT2D eigenvalue weighted by molar-refractivity contribution is 6.31. The second kappa shape index (κ2) is 6.62. The zero-order valence-corrected chi connectivity index (χ0v) is 14.4. The van der Waals surface area contributed by atoms with Gasteiger partial charge in [-0.05, 0) is 37.8 Å². The van der Waals surface area contributed by atoms with Crippen molar-refractivity contribution in [1.29, 1.82) is 0 Å². The van der Waals surface area contributed by atoms with E-state index in [0.717, 1.165) is 25.7 Å². The van der Waals surface area contributed by atoms with Crippen molar-refractivity contribution in [3.63, 3.8) is 0 Å². The summed E-state index contributed by atoms with van der Waals surface area (Å²) >= 11 is 6.17. The van der Waals surface area contributed by atoms with Crippen LogP contribution in [-0.2, 0) is 11.3 Å². The Morgan fingerprint density at radius 2 is 2.00 bits per heavy atom. The third kappa shape index (κ3) is 3.05. The number of amides is 1. The minimum atomic E-state index is -0.339. The van der Waals surface area contributed by atoms with Crippen LogP contribution in [0.5, 0.6) is 0 Å². The van der Waals surface area contributed by atoms with Crippen LogP contribution in [0.1, 0.15) is 44.1 Å². The Labute approximate surface area is 146 Å². The van der Waals surface area contributed by atoms with Gasteiger partial charge in [0.1, 0.15) is 11.9 Å². The van der Waals surface area contributed by atoms with Crippen LogP contribution in [0.25, 0.3) is 0 Å². The molecule has 4 nitrogen and oxygen atoms in total. The summed E-state index contributed by atoms with van der Waals surface area (Å²) in [5.41, 5.74) is 6.92. The van der Waals surface area contributed by atoms with Gasteiger partial charge in [-0.2, -0.15) is 0 Å². The lowest BCUT2D eigenvalue weighted by molar-refractivity contribution is -0.135. The minimum Gasteiger partial charge on any atom is -0.334 e. The Bertz CT molecular complexity index is 616. The molecule has 3 unspecified atom stereocenters. The van der Waals surface area contributed by atoms with Crippen molar-refractivity contribution in [1.82, 2.24) is 15.8 Å². The van der Waals surface area contributed by atoms with Crippen LogP contribution in [0.4, 0.5) is 4.39 Å². The molecule has 0 spiro atoms. The third-order valence-corrected chi connectivity index (χ3v) is 5.95. The highest BCUT2D eigenvalue weighted by Crippen LogP contribution is 2.35. The standard InChI is InChI=1S/C18H23ClFN3O/c19-14-5-3-6-15(20)13(14)10-23(11-8-9-11)18(24)17-12-4-1-2-7-16(12)21-22-17/h3,5-6,11-12,16-17,21-22H,1-2,4,7-10H2. The summed E-state index contributed by atoms with van der Waals surface area (Å²) in [5.74, 6) is 0.0799. The number of halogens is 2. The molecule has 2 aliphatic carbocycles. The number of hydrogen-bond acceptors (Lipinski definition) is 3. The van der Waals surface area contributed by atoms with E-state index in [2.05, 4.69) is 10.9 Å². The van der Waals surface area contributed by atoms with Crippen molar-refractivity contribution >= 4 is 17.5 Å². The van der Waals surface area contributed by atoms with Gasteiger partial charge < -0.3 is 4.90 Å². The van der Waals surface area contributed by atoms with Crippen molar-refractivity contribution in [2.75, 3.05) is 0 Å². The monoisotopic (exact) mass is 351 g/mol. The van der Waals surface area contributed by atoms with Crippen molar-refractivity contribution < 1.29 is 9.18 Å². The van der Waals surface area contributed by atoms with Gasteiger partial charge in [-0.1, -0.05) is 30.5 Å². The molecule has 0 radical (unpaired) electrons. The van der Waals surface area contributed by atoms with Crippen LogP contribution in [-0.4, -0.2) is 28.9 Å². The molecule has 3 aliphatic rings. The van der Waals surface area contributed by atoms with E-state index >= 15 is 0 Å². The summed E-state index contributed by atoms with van der Waals surface area (Å²) < 4.78 is 14.2. The van der Waals surface area contributed by atoms with Crippen molar-refractivity contribution in [3.05, 3.63) is 34.6 Å². The Balaban J connectivity index is 1.54. The van der Waals surface area contributed by atoms with E-state index in [-0.39, 0.29) is 30.4 Å². The van der Waals surface area contributed by atoms with E-state index in [1.165, 1.54) is 18.9 Å². The second-order valence-electron chi connectivity index (χ2n) is 7.22. The SMILES string of the molecule is O=C(C1NNC2CCCCC21)N(Cc1c(F)cccc1Cl)C1CC1. The van der Waals surface area contributed by atoms with E-state index in [1.54, 1.807) is 12.1 Å². The molecular weight excluding hydrogens is 329 g/mol. The fraction of sp³-hybridized carbons (Fsp3) is 0.611. The van der Waals surface area contributed by atoms with Crippen LogP contribution in [0.3, 0.4) is 0 Å². The third-order valence-electron chi connectivity index (χ3n) is 5.60. The average Bonchev–Trinajstić information content (AvgIpc) is 3.32. The Morgan fingerprint density at radius 1 is 1.21 bits per heavy atom. The molecule has 1 aromatic rings. The molecule has 1 aliphatic heterocycles. The molecular formula is C18H23ClFN3O. The molecule has 6 heteroatoms. The first-order valence-corrected chi connectivity index (χ1v) is 9.27. The maximum atomic E-state index is 14.2. The molecule has 1 saturated heterocycles. The van der Waals surface area contributed by atoms with Gasteiger partial charge in [-0.25, -0.2) is 9.82 Å². The Hall–Kier alpha value is -1.17. The Kier molecular flexibility index (Phi) is 4.50. The first-order valence-electron chi connectivity index (χ1n) is 8.89. The van der Waals surface area contributed by atoms with Gasteiger partial charge >= 0.3 is 0 Å². The first-order chi connectivity index (χ1) is 11.6. The van der Waals surface area contributed by atoms with E-state index < -0.39 is 0 Å². The van der Waals surface area contributed by atoms with E-state index in [4.69, 9.17) is 11.6 Å². The summed E-state index contributed by atoms with van der Waals surface area (Å²) in [7, 11) is 0. The number of carbonyl (C=O) groups is 1. The summed E-state index contributed by atoms with van der Waals surface area (Å²) in [6.45, 7) is 0.255. The van der Waals surface area contributed by atoms with E-state index in [1.807, 2.05) is 4.90 Å². The highest BCUT2D eigenvalue weighted by atomic mass is 35.5. The number of fused-ring (bicyclic) bond motifs is 1. The molecule has 3 atom stereocenters. The number of rotatable bonds is 4. The normalized spacial score (nSPS) is 29.3. The maximum Gasteiger partial charge on any atom is 0.241 e. The number of benzene rings is 1. The van der Waals surface area contributed by atoms with Gasteiger partial charge in [0.05, 0.1) is 6.54 Å². The van der Waals surface area contributed by atoms with Gasteiger partial charge in [0.25, 0.3) is 0 Å².